The molecule has 2 rings (SSSR count). The Hall–Kier alpha value is -1.22. The average Bonchev–Trinajstić information content (AvgIpc) is 2.50. The molecule has 1 aromatic carbocycles. The quantitative estimate of drug-likeness (QED) is 0.726. The Kier molecular flexibility index (Phi) is 6.19. The van der Waals surface area contributed by atoms with Gasteiger partial charge in [-0.1, -0.05) is 45.2 Å². The zero-order chi connectivity index (χ0) is 14.2. The first-order valence-corrected chi connectivity index (χ1v) is 7.98. The van der Waals surface area contributed by atoms with Crippen molar-refractivity contribution in [1.29, 1.82) is 0 Å². The van der Waals surface area contributed by atoms with Gasteiger partial charge in [0.1, 0.15) is 13.2 Å². The van der Waals surface area contributed by atoms with Crippen LogP contribution in [0.3, 0.4) is 0 Å². The highest BCUT2D eigenvalue weighted by atomic mass is 16.6. The third-order valence-corrected chi connectivity index (χ3v) is 3.71. The predicted octanol–water partition coefficient (Wildman–Crippen LogP) is 4.08. The molecule has 1 aliphatic rings. The van der Waals surface area contributed by atoms with Crippen molar-refractivity contribution >= 4 is 0 Å². The van der Waals surface area contributed by atoms with Crippen molar-refractivity contribution in [2.45, 2.75) is 52.0 Å². The maximum Gasteiger partial charge on any atom is 0.166 e. The third kappa shape index (κ3) is 3.89. The van der Waals surface area contributed by atoms with Crippen molar-refractivity contribution in [1.82, 2.24) is 5.32 Å². The Bertz CT molecular complexity index is 406. The van der Waals surface area contributed by atoms with Gasteiger partial charge in [0.15, 0.2) is 11.5 Å². The van der Waals surface area contributed by atoms with Gasteiger partial charge in [0, 0.05) is 11.6 Å². The lowest BCUT2D eigenvalue weighted by Gasteiger charge is -2.26. The van der Waals surface area contributed by atoms with Crippen LogP contribution in [0.5, 0.6) is 11.5 Å². The second-order valence-electron chi connectivity index (χ2n) is 5.37. The zero-order valence-electron chi connectivity index (χ0n) is 12.8. The van der Waals surface area contributed by atoms with E-state index < -0.39 is 0 Å². The molecular formula is C17H27NO2. The van der Waals surface area contributed by atoms with Crippen LogP contribution in [0.15, 0.2) is 18.2 Å². The highest BCUT2D eigenvalue weighted by Gasteiger charge is 2.21. The highest BCUT2D eigenvalue weighted by Crippen LogP contribution is 2.38. The fraction of sp³-hybridized carbons (Fsp3) is 0.647. The summed E-state index contributed by atoms with van der Waals surface area (Å²) in [5.74, 6) is 1.84. The minimum absolute atomic E-state index is 0.373. The van der Waals surface area contributed by atoms with Crippen LogP contribution in [0.4, 0.5) is 0 Å². The van der Waals surface area contributed by atoms with E-state index in [2.05, 4.69) is 31.3 Å². The minimum Gasteiger partial charge on any atom is -0.486 e. The van der Waals surface area contributed by atoms with E-state index in [0.29, 0.717) is 19.3 Å². The lowest BCUT2D eigenvalue weighted by molar-refractivity contribution is 0.168. The standard InChI is InChI=1S/C17H27NO2/c1-3-5-6-9-15(18-11-4-2)14-8-7-10-16-17(14)20-13-12-19-16/h7-8,10,15,18H,3-6,9,11-13H2,1-2H3. The molecule has 0 bridgehead atoms. The summed E-state index contributed by atoms with van der Waals surface area (Å²) < 4.78 is 11.5. The van der Waals surface area contributed by atoms with E-state index in [9.17, 15) is 0 Å². The van der Waals surface area contributed by atoms with Crippen LogP contribution >= 0.6 is 0 Å². The van der Waals surface area contributed by atoms with Crippen LogP contribution in [0.2, 0.25) is 0 Å². The first-order valence-electron chi connectivity index (χ1n) is 7.98. The number of unbranched alkanes of at least 4 members (excludes halogenated alkanes) is 2. The summed E-state index contributed by atoms with van der Waals surface area (Å²) >= 11 is 0. The average molecular weight is 277 g/mol. The van der Waals surface area contributed by atoms with Crippen molar-refractivity contribution in [2.75, 3.05) is 19.8 Å². The minimum atomic E-state index is 0.373. The highest BCUT2D eigenvalue weighted by molar-refractivity contribution is 5.48. The molecule has 3 heteroatoms. The van der Waals surface area contributed by atoms with Crippen molar-refractivity contribution in [3.05, 3.63) is 23.8 Å². The largest absolute Gasteiger partial charge is 0.486 e. The van der Waals surface area contributed by atoms with Crippen LogP contribution in [0, 0.1) is 0 Å². The first kappa shape index (κ1) is 15.2. The number of para-hydroxylation sites is 1. The molecule has 112 valence electrons. The number of nitrogens with one attached hydrogen (secondary N) is 1. The van der Waals surface area contributed by atoms with Gasteiger partial charge < -0.3 is 14.8 Å². The molecule has 0 saturated carbocycles. The monoisotopic (exact) mass is 277 g/mol. The van der Waals surface area contributed by atoms with Crippen LogP contribution in [0.1, 0.15) is 57.6 Å². The summed E-state index contributed by atoms with van der Waals surface area (Å²) in [7, 11) is 0. The number of benzene rings is 1. The Morgan fingerprint density at radius 3 is 2.75 bits per heavy atom. The molecule has 0 aromatic heterocycles. The zero-order valence-corrected chi connectivity index (χ0v) is 12.8. The number of hydrogen-bond donors (Lipinski definition) is 1. The summed E-state index contributed by atoms with van der Waals surface area (Å²) in [5.41, 5.74) is 1.26. The third-order valence-electron chi connectivity index (χ3n) is 3.71. The molecular weight excluding hydrogens is 250 g/mol. The van der Waals surface area contributed by atoms with E-state index in [0.717, 1.165) is 30.9 Å². The van der Waals surface area contributed by atoms with Gasteiger partial charge in [0.05, 0.1) is 0 Å². The molecule has 0 amide bonds. The maximum absolute atomic E-state index is 5.86. The van der Waals surface area contributed by atoms with Gasteiger partial charge >= 0.3 is 0 Å². The number of fused-ring (bicyclic) bond motifs is 1. The summed E-state index contributed by atoms with van der Waals surface area (Å²) in [5, 5.41) is 3.66. The van der Waals surface area contributed by atoms with Gasteiger partial charge in [-0.25, -0.2) is 0 Å². The lowest BCUT2D eigenvalue weighted by Crippen LogP contribution is -2.24. The molecule has 0 fully saturated rings. The Morgan fingerprint density at radius 1 is 1.10 bits per heavy atom. The number of hydrogen-bond acceptors (Lipinski definition) is 3. The summed E-state index contributed by atoms with van der Waals surface area (Å²) in [6, 6.07) is 6.62. The lowest BCUT2D eigenvalue weighted by atomic mass is 9.98. The Balaban J connectivity index is 2.14. The molecule has 1 unspecified atom stereocenters. The fourth-order valence-electron chi connectivity index (χ4n) is 2.66. The summed E-state index contributed by atoms with van der Waals surface area (Å²) in [4.78, 5) is 0. The summed E-state index contributed by atoms with van der Waals surface area (Å²) in [6.45, 7) is 6.80. The molecule has 0 spiro atoms. The summed E-state index contributed by atoms with van der Waals surface area (Å²) in [6.07, 6.45) is 6.11. The van der Waals surface area contributed by atoms with Gasteiger partial charge in [0.2, 0.25) is 0 Å². The van der Waals surface area contributed by atoms with Gasteiger partial charge in [-0.15, -0.1) is 0 Å². The van der Waals surface area contributed by atoms with Gasteiger partial charge in [0.25, 0.3) is 0 Å². The van der Waals surface area contributed by atoms with E-state index in [4.69, 9.17) is 9.47 Å². The Morgan fingerprint density at radius 2 is 1.95 bits per heavy atom. The molecule has 0 saturated heterocycles. The second kappa shape index (κ2) is 8.15. The van der Waals surface area contributed by atoms with Crippen molar-refractivity contribution in [3.63, 3.8) is 0 Å². The van der Waals surface area contributed by atoms with Crippen LogP contribution in [-0.4, -0.2) is 19.8 Å². The Labute approximate surface area is 122 Å². The SMILES string of the molecule is CCCCCC(NCCC)c1cccc2c1OCCO2. The first-order chi connectivity index (χ1) is 9.86. The smallest absolute Gasteiger partial charge is 0.166 e. The topological polar surface area (TPSA) is 30.5 Å². The molecule has 1 atom stereocenters. The number of ether oxygens (including phenoxy) is 2. The normalized spacial score (nSPS) is 15.1. The molecule has 3 nitrogen and oxygen atoms in total. The molecule has 1 aliphatic heterocycles. The molecule has 0 aliphatic carbocycles. The fourth-order valence-corrected chi connectivity index (χ4v) is 2.66. The molecule has 1 heterocycles. The van der Waals surface area contributed by atoms with E-state index in [1.807, 2.05) is 6.07 Å². The predicted molar refractivity (Wildman–Crippen MR) is 82.6 cm³/mol. The van der Waals surface area contributed by atoms with Crippen molar-refractivity contribution in [2.24, 2.45) is 0 Å². The van der Waals surface area contributed by atoms with Gasteiger partial charge in [-0.3, -0.25) is 0 Å². The molecule has 1 N–H and O–H groups in total. The molecule has 20 heavy (non-hydrogen) atoms. The van der Waals surface area contributed by atoms with E-state index in [1.165, 1.54) is 24.8 Å². The molecule has 1 aromatic rings. The van der Waals surface area contributed by atoms with Crippen molar-refractivity contribution in [3.8, 4) is 11.5 Å². The van der Waals surface area contributed by atoms with Gasteiger partial charge in [-0.2, -0.15) is 0 Å². The maximum atomic E-state index is 5.86. The van der Waals surface area contributed by atoms with Crippen LogP contribution in [-0.2, 0) is 0 Å². The second-order valence-corrected chi connectivity index (χ2v) is 5.37. The van der Waals surface area contributed by atoms with Crippen molar-refractivity contribution < 1.29 is 9.47 Å². The van der Waals surface area contributed by atoms with Crippen LogP contribution in [0.25, 0.3) is 0 Å². The van der Waals surface area contributed by atoms with Gasteiger partial charge in [-0.05, 0) is 25.5 Å². The molecule has 0 radical (unpaired) electrons. The van der Waals surface area contributed by atoms with E-state index >= 15 is 0 Å². The van der Waals surface area contributed by atoms with E-state index in [-0.39, 0.29) is 0 Å². The van der Waals surface area contributed by atoms with Crippen LogP contribution < -0.4 is 14.8 Å². The van der Waals surface area contributed by atoms with E-state index in [1.54, 1.807) is 0 Å². The number of rotatable bonds is 8.